The van der Waals surface area contributed by atoms with Crippen LogP contribution >= 0.6 is 0 Å². The number of hydrogen-bond donors (Lipinski definition) is 3. The number of likely N-dealkylation sites (N-methyl/N-ethyl adjacent to an activating group) is 2. The molecule has 5 rings (SSSR count). The molecule has 1 aliphatic carbocycles. The number of para-hydroxylation sites is 2. The number of nitrogens with zero attached hydrogens (tertiary/aromatic N) is 3. The molecule has 0 spiro atoms. The Morgan fingerprint density at radius 2 is 1.92 bits per heavy atom. The molecule has 2 aromatic rings. The van der Waals surface area contributed by atoms with E-state index in [1.165, 1.54) is 6.92 Å². The molecule has 0 bridgehead atoms. The molecule has 202 valence electrons. The van der Waals surface area contributed by atoms with Crippen molar-refractivity contribution in [2.45, 2.75) is 57.3 Å². The van der Waals surface area contributed by atoms with Crippen molar-refractivity contribution < 1.29 is 14.4 Å². The van der Waals surface area contributed by atoms with Gasteiger partial charge in [-0.3, -0.25) is 14.4 Å². The van der Waals surface area contributed by atoms with Gasteiger partial charge in [0.2, 0.25) is 5.91 Å². The number of Topliss-reactive ketones (excluding diaryl/α,β-unsaturated/α-hetero) is 1. The molecule has 2 heterocycles. The van der Waals surface area contributed by atoms with Crippen molar-refractivity contribution in [2.24, 2.45) is 0 Å². The lowest BCUT2D eigenvalue weighted by Gasteiger charge is -2.44. The Morgan fingerprint density at radius 1 is 1.21 bits per heavy atom. The molecular weight excluding hydrogens is 492 g/mol. The number of carbonyl (C=O) groups is 3. The number of hydrogen-bond acceptors (Lipinski definition) is 7. The van der Waals surface area contributed by atoms with Crippen molar-refractivity contribution in [3.05, 3.63) is 59.2 Å². The lowest BCUT2D eigenvalue weighted by Crippen LogP contribution is -2.68. The molecular formula is C30H34N6O3. The highest BCUT2D eigenvalue weighted by atomic mass is 16.2. The minimum atomic E-state index is -1.56. The summed E-state index contributed by atoms with van der Waals surface area (Å²) in [6, 6.07) is 12.3. The fourth-order valence-corrected chi connectivity index (χ4v) is 5.76. The van der Waals surface area contributed by atoms with E-state index in [1.807, 2.05) is 37.3 Å². The zero-order valence-electron chi connectivity index (χ0n) is 23.0. The number of fused-ring (bicyclic) bond motifs is 2. The molecule has 2 aliphatic heterocycles. The van der Waals surface area contributed by atoms with Gasteiger partial charge in [-0.1, -0.05) is 18.2 Å². The van der Waals surface area contributed by atoms with Crippen LogP contribution in [0.15, 0.2) is 42.5 Å². The average molecular weight is 527 g/mol. The van der Waals surface area contributed by atoms with Crippen LogP contribution in [0.5, 0.6) is 0 Å². The highest BCUT2D eigenvalue weighted by molar-refractivity contribution is 6.17. The standard InChI is InChI=1S/C30H34N6O3/c1-17(32-4)28(38)34-30(19(3)33-24-8-6-7-9-25(24)35(5)29(30)39)23-12-13-36(21-10-11-21)26-15-20(16-31)14-22(18(2)37)27(23)26/h6-9,12,14-15,17,19,21,32-33H,10-11,13H2,1-5H3,(H,34,38)/t17-,19-,30+/m0/s1. The maximum atomic E-state index is 14.7. The first-order valence-electron chi connectivity index (χ1n) is 13.3. The molecule has 9 heteroatoms. The molecule has 2 amide bonds. The van der Waals surface area contributed by atoms with Gasteiger partial charge in [-0.2, -0.15) is 5.26 Å². The minimum absolute atomic E-state index is 0.213. The second kappa shape index (κ2) is 9.86. The molecule has 1 fully saturated rings. The van der Waals surface area contributed by atoms with E-state index in [0.717, 1.165) is 24.2 Å². The molecule has 2 aromatic carbocycles. The van der Waals surface area contributed by atoms with Crippen molar-refractivity contribution in [3.8, 4) is 6.07 Å². The zero-order valence-corrected chi connectivity index (χ0v) is 23.0. The molecule has 3 N–H and O–H groups in total. The summed E-state index contributed by atoms with van der Waals surface area (Å²) in [6.45, 7) is 5.58. The number of ketones is 1. The van der Waals surface area contributed by atoms with E-state index < -0.39 is 17.6 Å². The van der Waals surface area contributed by atoms with Crippen molar-refractivity contribution in [1.82, 2.24) is 10.6 Å². The van der Waals surface area contributed by atoms with Crippen LogP contribution in [0.1, 0.15) is 55.1 Å². The van der Waals surface area contributed by atoms with Gasteiger partial charge in [-0.05, 0) is 70.5 Å². The van der Waals surface area contributed by atoms with Gasteiger partial charge in [-0.25, -0.2) is 0 Å². The smallest absolute Gasteiger partial charge is 0.259 e. The third-order valence-electron chi connectivity index (χ3n) is 8.18. The molecule has 3 aliphatic rings. The number of rotatable bonds is 6. The van der Waals surface area contributed by atoms with E-state index >= 15 is 0 Å². The second-order valence-electron chi connectivity index (χ2n) is 10.6. The summed E-state index contributed by atoms with van der Waals surface area (Å²) >= 11 is 0. The fraction of sp³-hybridized carbons (Fsp3) is 0.400. The maximum Gasteiger partial charge on any atom is 0.259 e. The van der Waals surface area contributed by atoms with Gasteiger partial charge in [-0.15, -0.1) is 0 Å². The first-order valence-corrected chi connectivity index (χ1v) is 13.3. The van der Waals surface area contributed by atoms with Gasteiger partial charge in [0.1, 0.15) is 0 Å². The number of nitriles is 1. The summed E-state index contributed by atoms with van der Waals surface area (Å²) < 4.78 is 0. The largest absolute Gasteiger partial charge is 0.378 e. The minimum Gasteiger partial charge on any atom is -0.378 e. The van der Waals surface area contributed by atoms with Crippen LogP contribution in [-0.2, 0) is 9.59 Å². The average Bonchev–Trinajstić information content (AvgIpc) is 3.79. The lowest BCUT2D eigenvalue weighted by atomic mass is 9.74. The number of nitrogens with one attached hydrogen (secondary N) is 3. The first-order chi connectivity index (χ1) is 18.6. The normalized spacial score (nSPS) is 22.9. The SMILES string of the molecule is CN[C@@H](C)C(=O)N[C@]1(C2=CCN(C3CC3)c3cc(C#N)cc(C(C)=O)c32)C(=O)N(C)c2ccccc2N[C@H]1C. The number of anilines is 3. The van der Waals surface area contributed by atoms with Gasteiger partial charge >= 0.3 is 0 Å². The Hall–Kier alpha value is -4.16. The monoisotopic (exact) mass is 526 g/mol. The molecule has 0 unspecified atom stereocenters. The highest BCUT2D eigenvalue weighted by Crippen LogP contribution is 2.48. The Labute approximate surface area is 228 Å². The molecule has 0 radical (unpaired) electrons. The van der Waals surface area contributed by atoms with Gasteiger partial charge in [0.15, 0.2) is 11.3 Å². The van der Waals surface area contributed by atoms with Crippen molar-refractivity contribution in [3.63, 3.8) is 0 Å². The number of carbonyl (C=O) groups excluding carboxylic acids is 3. The fourth-order valence-electron chi connectivity index (χ4n) is 5.76. The predicted octanol–water partition coefficient (Wildman–Crippen LogP) is 3.07. The highest BCUT2D eigenvalue weighted by Gasteiger charge is 2.54. The second-order valence-corrected chi connectivity index (χ2v) is 10.6. The van der Waals surface area contributed by atoms with Gasteiger partial charge in [0, 0.05) is 36.4 Å². The Balaban J connectivity index is 1.79. The van der Waals surface area contributed by atoms with Crippen LogP contribution in [0, 0.1) is 11.3 Å². The molecule has 9 nitrogen and oxygen atoms in total. The van der Waals surface area contributed by atoms with Crippen molar-refractivity contribution in [2.75, 3.05) is 35.8 Å². The molecule has 0 saturated heterocycles. The molecule has 0 aromatic heterocycles. The summed E-state index contributed by atoms with van der Waals surface area (Å²) in [5.74, 6) is -0.876. The summed E-state index contributed by atoms with van der Waals surface area (Å²) in [5.41, 5.74) is 2.55. The third-order valence-corrected chi connectivity index (χ3v) is 8.18. The summed E-state index contributed by atoms with van der Waals surface area (Å²) in [4.78, 5) is 45.1. The quantitative estimate of drug-likeness (QED) is 0.495. The van der Waals surface area contributed by atoms with Crippen molar-refractivity contribution >= 4 is 40.2 Å². The number of amides is 2. The van der Waals surface area contributed by atoms with E-state index in [-0.39, 0.29) is 17.6 Å². The van der Waals surface area contributed by atoms with Crippen LogP contribution in [0.25, 0.3) is 5.57 Å². The third kappa shape index (κ3) is 4.25. The Morgan fingerprint density at radius 3 is 2.56 bits per heavy atom. The predicted molar refractivity (Wildman–Crippen MR) is 152 cm³/mol. The summed E-state index contributed by atoms with van der Waals surface area (Å²) in [6.07, 6.45) is 4.01. The number of benzene rings is 2. The summed E-state index contributed by atoms with van der Waals surface area (Å²) in [7, 11) is 3.39. The van der Waals surface area contributed by atoms with E-state index in [0.29, 0.717) is 40.5 Å². The molecule has 39 heavy (non-hydrogen) atoms. The van der Waals surface area contributed by atoms with E-state index in [9.17, 15) is 19.6 Å². The van der Waals surface area contributed by atoms with Crippen LogP contribution in [0.2, 0.25) is 0 Å². The molecule has 3 atom stereocenters. The van der Waals surface area contributed by atoms with Crippen LogP contribution in [0.3, 0.4) is 0 Å². The van der Waals surface area contributed by atoms with Crippen LogP contribution in [-0.4, -0.2) is 61.9 Å². The summed E-state index contributed by atoms with van der Waals surface area (Å²) in [5, 5.41) is 19.4. The van der Waals surface area contributed by atoms with Crippen molar-refractivity contribution in [1.29, 1.82) is 5.26 Å². The lowest BCUT2D eigenvalue weighted by molar-refractivity contribution is -0.130. The molecule has 1 saturated carbocycles. The maximum absolute atomic E-state index is 14.7. The topological polar surface area (TPSA) is 118 Å². The van der Waals surface area contributed by atoms with E-state index in [2.05, 4.69) is 26.9 Å². The van der Waals surface area contributed by atoms with E-state index in [1.54, 1.807) is 38.1 Å². The van der Waals surface area contributed by atoms with E-state index in [4.69, 9.17) is 0 Å². The zero-order chi connectivity index (χ0) is 28.1. The Kier molecular flexibility index (Phi) is 6.69. The van der Waals surface area contributed by atoms with Crippen LogP contribution < -0.4 is 25.8 Å². The first kappa shape index (κ1) is 26.4. The van der Waals surface area contributed by atoms with Gasteiger partial charge < -0.3 is 25.8 Å². The van der Waals surface area contributed by atoms with Crippen LogP contribution in [0.4, 0.5) is 17.1 Å². The van der Waals surface area contributed by atoms with Gasteiger partial charge in [0.25, 0.3) is 5.91 Å². The Bertz CT molecular complexity index is 1440. The van der Waals surface area contributed by atoms with Gasteiger partial charge in [0.05, 0.1) is 35.1 Å².